The molecule has 0 aliphatic heterocycles. The van der Waals surface area contributed by atoms with Crippen molar-refractivity contribution >= 4 is 22.6 Å². The van der Waals surface area contributed by atoms with Gasteiger partial charge >= 0.3 is 0 Å². The molecule has 0 saturated heterocycles. The molecule has 0 spiro atoms. The first-order valence-corrected chi connectivity index (χ1v) is 6.27. The number of rotatable bonds is 3. The van der Waals surface area contributed by atoms with Gasteiger partial charge in [0.25, 0.3) is 11.3 Å². The lowest BCUT2D eigenvalue weighted by Gasteiger charge is -2.20. The number of nitrogens with zero attached hydrogens (tertiary/aromatic N) is 1. The van der Waals surface area contributed by atoms with Crippen molar-refractivity contribution in [1.82, 2.24) is 0 Å². The topological polar surface area (TPSA) is 40.5 Å². The summed E-state index contributed by atoms with van der Waals surface area (Å²) in [5.74, 6) is 0. The van der Waals surface area contributed by atoms with Crippen LogP contribution in [0, 0.1) is 6.92 Å². The Hall–Kier alpha value is -1.65. The summed E-state index contributed by atoms with van der Waals surface area (Å²) in [6.07, 6.45) is 0. The van der Waals surface area contributed by atoms with Crippen LogP contribution in [-0.2, 0) is 11.3 Å². The second kappa shape index (κ2) is 5.12. The van der Waals surface area contributed by atoms with Crippen molar-refractivity contribution in [2.75, 3.05) is 4.31 Å². The maximum Gasteiger partial charge on any atom is 0.266 e. The van der Waals surface area contributed by atoms with E-state index >= 15 is 0 Å². The van der Waals surface area contributed by atoms with Crippen LogP contribution in [0.25, 0.3) is 0 Å². The summed E-state index contributed by atoms with van der Waals surface area (Å²) >= 11 is -2.08. The molecule has 3 nitrogen and oxygen atoms in total. The number of hydrogen-bond acceptors (Lipinski definition) is 1. The molecule has 0 aliphatic rings. The molecule has 88 valence electrons. The largest absolute Gasteiger partial charge is 0.289 e. The zero-order chi connectivity index (χ0) is 12.3. The van der Waals surface area contributed by atoms with Crippen molar-refractivity contribution in [2.24, 2.45) is 0 Å². The number of hydrogen-bond donors (Lipinski definition) is 1. The van der Waals surface area contributed by atoms with Crippen LogP contribution in [0.3, 0.4) is 0 Å². The van der Waals surface area contributed by atoms with Gasteiger partial charge in [0.05, 0.1) is 11.4 Å². The molecule has 17 heavy (non-hydrogen) atoms. The lowest BCUT2D eigenvalue weighted by atomic mass is 10.2. The molecular formula is C13H13NO2S. The van der Waals surface area contributed by atoms with Crippen LogP contribution in [0.5, 0.6) is 0 Å². The first-order chi connectivity index (χ1) is 8.18. The van der Waals surface area contributed by atoms with Gasteiger partial charge in [0, 0.05) is 0 Å². The van der Waals surface area contributed by atoms with Gasteiger partial charge in [0.15, 0.2) is 0 Å². The van der Waals surface area contributed by atoms with E-state index in [0.717, 1.165) is 5.56 Å². The quantitative estimate of drug-likeness (QED) is 0.846. The van der Waals surface area contributed by atoms with Crippen molar-refractivity contribution in [3.8, 4) is 0 Å². The van der Waals surface area contributed by atoms with E-state index in [-0.39, 0.29) is 0 Å². The van der Waals surface area contributed by atoms with Crippen LogP contribution in [0.1, 0.15) is 5.56 Å². The predicted octanol–water partition coefficient (Wildman–Crippen LogP) is 3.27. The Morgan fingerprint density at radius 1 is 1.00 bits per heavy atom. The van der Waals surface area contributed by atoms with E-state index < -0.39 is 11.3 Å². The minimum atomic E-state index is -2.08. The fourth-order valence-corrected chi connectivity index (χ4v) is 2.24. The molecule has 0 fully saturated rings. The molecule has 0 aromatic heterocycles. The Bertz CT molecular complexity index is 528. The second-order valence-electron chi connectivity index (χ2n) is 3.70. The van der Waals surface area contributed by atoms with E-state index in [4.69, 9.17) is 0 Å². The molecule has 0 amide bonds. The number of aryl methyl sites for hydroxylation is 1. The van der Waals surface area contributed by atoms with Gasteiger partial charge in [0.2, 0.25) is 0 Å². The van der Waals surface area contributed by atoms with E-state index in [0.29, 0.717) is 11.4 Å². The first kappa shape index (κ1) is 11.8. The Morgan fingerprint density at radius 2 is 1.65 bits per heavy atom. The zero-order valence-electron chi connectivity index (χ0n) is 9.41. The molecule has 1 N–H and O–H groups in total. The summed E-state index contributed by atoms with van der Waals surface area (Å²) in [7, 11) is 0. The number of anilines is 2. The van der Waals surface area contributed by atoms with E-state index in [9.17, 15) is 8.76 Å². The molecule has 2 aromatic rings. The predicted molar refractivity (Wildman–Crippen MR) is 70.5 cm³/mol. The summed E-state index contributed by atoms with van der Waals surface area (Å²) in [4.78, 5) is 0. The molecule has 1 unspecified atom stereocenters. The van der Waals surface area contributed by atoms with Gasteiger partial charge in [-0.1, -0.05) is 30.3 Å². The Kier molecular flexibility index (Phi) is 3.56. The van der Waals surface area contributed by atoms with Gasteiger partial charge in [-0.25, -0.2) is 8.51 Å². The highest BCUT2D eigenvalue weighted by Gasteiger charge is 2.14. The van der Waals surface area contributed by atoms with Crippen LogP contribution < -0.4 is 4.31 Å². The Labute approximate surface area is 103 Å². The van der Waals surface area contributed by atoms with Crippen molar-refractivity contribution in [2.45, 2.75) is 6.92 Å². The normalized spacial score (nSPS) is 12.1. The van der Waals surface area contributed by atoms with Crippen LogP contribution in [0.2, 0.25) is 0 Å². The van der Waals surface area contributed by atoms with Gasteiger partial charge < -0.3 is 0 Å². The lowest BCUT2D eigenvalue weighted by molar-refractivity contribution is 0.564. The summed E-state index contributed by atoms with van der Waals surface area (Å²) in [6, 6.07) is 16.7. The molecule has 0 bridgehead atoms. The Balaban J connectivity index is 2.47. The summed E-state index contributed by atoms with van der Waals surface area (Å²) < 4.78 is 22.2. The minimum Gasteiger partial charge on any atom is -0.289 e. The van der Waals surface area contributed by atoms with Crippen LogP contribution in [-0.4, -0.2) is 8.76 Å². The highest BCUT2D eigenvalue weighted by Crippen LogP contribution is 2.26. The fraction of sp³-hybridized carbons (Fsp3) is 0.0769. The molecule has 2 rings (SSSR count). The maximum absolute atomic E-state index is 11.4. The summed E-state index contributed by atoms with van der Waals surface area (Å²) in [5, 5.41) is 0. The monoisotopic (exact) mass is 247 g/mol. The maximum atomic E-state index is 11.4. The third-order valence-electron chi connectivity index (χ3n) is 2.38. The average Bonchev–Trinajstić information content (AvgIpc) is 2.30. The first-order valence-electron chi connectivity index (χ1n) is 5.21. The summed E-state index contributed by atoms with van der Waals surface area (Å²) in [5.41, 5.74) is 2.45. The minimum absolute atomic E-state index is 0.693. The molecule has 0 radical (unpaired) electrons. The molecule has 2 aromatic carbocycles. The van der Waals surface area contributed by atoms with E-state index in [1.54, 1.807) is 12.1 Å². The van der Waals surface area contributed by atoms with Gasteiger partial charge in [-0.2, -0.15) is 0 Å². The van der Waals surface area contributed by atoms with Gasteiger partial charge in [-0.3, -0.25) is 4.55 Å². The van der Waals surface area contributed by atoms with Crippen LogP contribution in [0.4, 0.5) is 11.4 Å². The van der Waals surface area contributed by atoms with Crippen molar-refractivity contribution < 1.29 is 8.76 Å². The molecule has 1 atom stereocenters. The highest BCUT2D eigenvalue weighted by molar-refractivity contribution is 7.81. The molecule has 0 heterocycles. The van der Waals surface area contributed by atoms with Crippen LogP contribution in [0.15, 0.2) is 54.6 Å². The van der Waals surface area contributed by atoms with E-state index in [1.807, 2.05) is 49.4 Å². The molecular weight excluding hydrogens is 234 g/mol. The van der Waals surface area contributed by atoms with Gasteiger partial charge in [-0.15, -0.1) is 0 Å². The average molecular weight is 247 g/mol. The summed E-state index contributed by atoms with van der Waals surface area (Å²) in [6.45, 7) is 1.95. The van der Waals surface area contributed by atoms with Gasteiger partial charge in [0.1, 0.15) is 0 Å². The van der Waals surface area contributed by atoms with Crippen molar-refractivity contribution in [1.29, 1.82) is 0 Å². The second-order valence-corrected chi connectivity index (χ2v) is 4.53. The third-order valence-corrected chi connectivity index (χ3v) is 3.12. The molecule has 4 heteroatoms. The lowest BCUT2D eigenvalue weighted by Crippen LogP contribution is -2.19. The van der Waals surface area contributed by atoms with Crippen LogP contribution >= 0.6 is 0 Å². The molecule has 0 aliphatic carbocycles. The third kappa shape index (κ3) is 2.72. The smallest absolute Gasteiger partial charge is 0.266 e. The van der Waals surface area contributed by atoms with E-state index in [1.165, 1.54) is 4.31 Å². The number of para-hydroxylation sites is 1. The zero-order valence-corrected chi connectivity index (χ0v) is 10.2. The van der Waals surface area contributed by atoms with Gasteiger partial charge in [-0.05, 0) is 36.8 Å². The SMILES string of the molecule is Cc1cccc(N(c2ccccc2)S(=O)O)c1. The highest BCUT2D eigenvalue weighted by atomic mass is 32.2. The Morgan fingerprint density at radius 3 is 2.24 bits per heavy atom. The standard InChI is InChI=1S/C13H13NO2S/c1-11-6-5-9-13(10-11)14(17(15)16)12-7-3-2-4-8-12/h2-10H,1H3,(H,15,16). The van der Waals surface area contributed by atoms with Crippen molar-refractivity contribution in [3.63, 3.8) is 0 Å². The molecule has 0 saturated carbocycles. The number of benzene rings is 2. The van der Waals surface area contributed by atoms with E-state index in [2.05, 4.69) is 0 Å². The van der Waals surface area contributed by atoms with Crippen molar-refractivity contribution in [3.05, 3.63) is 60.2 Å². The fourth-order valence-electron chi connectivity index (χ4n) is 1.65.